The number of ether oxygens (including phenoxy) is 1. The monoisotopic (exact) mass is 541 g/mol. The molecule has 0 aliphatic heterocycles. The van der Waals surface area contributed by atoms with Gasteiger partial charge in [0.05, 0.1) is 11.7 Å². The summed E-state index contributed by atoms with van der Waals surface area (Å²) in [5.41, 5.74) is 4.13. The number of fused-ring (bicyclic) bond motifs is 1. The summed E-state index contributed by atoms with van der Waals surface area (Å²) >= 11 is 0. The number of aliphatic hydroxyl groups is 1. The second-order valence-electron chi connectivity index (χ2n) is 7.98. The Balaban J connectivity index is 0.00000204. The van der Waals surface area contributed by atoms with Gasteiger partial charge >= 0.3 is 5.97 Å². The number of hydrogen-bond acceptors (Lipinski definition) is 6. The number of carboxylic acid groups (broad SMARTS) is 1. The largest absolute Gasteiger partial charge is 0.478 e. The predicted molar refractivity (Wildman–Crippen MR) is 144 cm³/mol. The van der Waals surface area contributed by atoms with E-state index in [-0.39, 0.29) is 48.8 Å². The van der Waals surface area contributed by atoms with Gasteiger partial charge in [-0.3, -0.25) is 4.98 Å². The summed E-state index contributed by atoms with van der Waals surface area (Å²) in [5.74, 6) is 0.142. The Morgan fingerprint density at radius 2 is 1.91 bits per heavy atom. The van der Waals surface area contributed by atoms with Crippen molar-refractivity contribution >= 4 is 48.9 Å². The zero-order chi connectivity index (χ0) is 22.5. The Bertz CT molecular complexity index is 1100. The summed E-state index contributed by atoms with van der Waals surface area (Å²) in [7, 11) is 1.74. The molecule has 190 valence electrons. The Morgan fingerprint density at radius 1 is 1.11 bits per heavy atom. The molecule has 4 N–H and O–H groups in total. The van der Waals surface area contributed by atoms with Gasteiger partial charge in [0.25, 0.3) is 0 Å². The summed E-state index contributed by atoms with van der Waals surface area (Å²) in [4.78, 5) is 15.5. The van der Waals surface area contributed by atoms with Gasteiger partial charge in [0.1, 0.15) is 11.5 Å². The van der Waals surface area contributed by atoms with Crippen molar-refractivity contribution in [3.8, 4) is 11.5 Å². The molecule has 10 heteroatoms. The molecule has 0 amide bonds. The van der Waals surface area contributed by atoms with Gasteiger partial charge in [0.15, 0.2) is 0 Å². The molecule has 4 rings (SSSR count). The van der Waals surface area contributed by atoms with Gasteiger partial charge in [-0.2, -0.15) is 0 Å². The van der Waals surface area contributed by atoms with E-state index in [9.17, 15) is 15.0 Å². The first-order valence-corrected chi connectivity index (χ1v) is 10.7. The fourth-order valence-corrected chi connectivity index (χ4v) is 4.00. The maximum atomic E-state index is 11.4. The van der Waals surface area contributed by atoms with Gasteiger partial charge in [0.2, 0.25) is 0 Å². The molecular formula is C25H30Cl3N3O4. The van der Waals surface area contributed by atoms with Crippen LogP contribution in [0.1, 0.15) is 39.6 Å². The lowest BCUT2D eigenvalue weighted by Gasteiger charge is -2.27. The van der Waals surface area contributed by atoms with Crippen molar-refractivity contribution in [3.05, 3.63) is 83.2 Å². The third-order valence-electron chi connectivity index (χ3n) is 5.75. The van der Waals surface area contributed by atoms with Crippen molar-refractivity contribution in [2.75, 3.05) is 18.9 Å². The number of anilines is 1. The van der Waals surface area contributed by atoms with Crippen molar-refractivity contribution in [1.29, 1.82) is 0 Å². The standard InChI is InChI=1S/C25H27N3O4.3ClH/c1-26-21-10-19(25(30)31)12-23(13-21)32-22-7-5-16-4-6-20(9-18(16)11-22)28-15-24(29)17-3-2-8-27-14-17;;;/h2-3,5,7-8,10-14,20,24,26,28-29H,4,6,9,15H2,1H3,(H,30,31);3*1H/t20-,24-;;;/m0.../s1. The first-order valence-electron chi connectivity index (χ1n) is 10.7. The van der Waals surface area contributed by atoms with Crippen LogP contribution in [0.3, 0.4) is 0 Å². The van der Waals surface area contributed by atoms with Crippen molar-refractivity contribution < 1.29 is 19.7 Å². The van der Waals surface area contributed by atoms with Crippen LogP contribution in [0.15, 0.2) is 60.9 Å². The average molecular weight is 543 g/mol. The molecule has 1 heterocycles. The maximum Gasteiger partial charge on any atom is 0.335 e. The van der Waals surface area contributed by atoms with Gasteiger partial charge in [-0.05, 0) is 60.7 Å². The van der Waals surface area contributed by atoms with E-state index >= 15 is 0 Å². The summed E-state index contributed by atoms with van der Waals surface area (Å²) in [6.45, 7) is 0.469. The van der Waals surface area contributed by atoms with Crippen molar-refractivity contribution in [2.24, 2.45) is 0 Å². The highest BCUT2D eigenvalue weighted by atomic mass is 35.5. The topological polar surface area (TPSA) is 104 Å². The van der Waals surface area contributed by atoms with Gasteiger partial charge in [-0.15, -0.1) is 37.2 Å². The number of hydrogen-bond donors (Lipinski definition) is 4. The van der Waals surface area contributed by atoms with E-state index in [2.05, 4.69) is 21.7 Å². The number of nitrogens with zero attached hydrogens (tertiary/aromatic N) is 1. The molecule has 3 aromatic rings. The molecule has 1 aliphatic carbocycles. The minimum Gasteiger partial charge on any atom is -0.478 e. The predicted octanol–water partition coefficient (Wildman–Crippen LogP) is 5.06. The highest BCUT2D eigenvalue weighted by Crippen LogP contribution is 2.30. The molecule has 2 aromatic carbocycles. The molecule has 0 bridgehead atoms. The average Bonchev–Trinajstić information content (AvgIpc) is 2.82. The molecular weight excluding hydrogens is 513 g/mol. The van der Waals surface area contributed by atoms with Gasteiger partial charge in [-0.1, -0.05) is 12.1 Å². The number of halogens is 3. The number of aromatic nitrogens is 1. The SMILES string of the molecule is CNc1cc(Oc2ccc3c(c2)C[C@@H](NC[C@H](O)c2cccnc2)CC3)cc(C(=O)O)c1.Cl.Cl.Cl. The van der Waals surface area contributed by atoms with Crippen molar-refractivity contribution in [3.63, 3.8) is 0 Å². The maximum absolute atomic E-state index is 11.4. The number of nitrogens with one attached hydrogen (secondary N) is 2. The minimum atomic E-state index is -1.00. The highest BCUT2D eigenvalue weighted by molar-refractivity contribution is 5.89. The van der Waals surface area contributed by atoms with Crippen LogP contribution in [-0.4, -0.2) is 40.8 Å². The Kier molecular flexibility index (Phi) is 12.3. The molecule has 0 fully saturated rings. The van der Waals surface area contributed by atoms with Gasteiger partial charge in [-0.25, -0.2) is 4.79 Å². The molecule has 0 unspecified atom stereocenters. The number of aromatic carboxylic acids is 1. The molecule has 0 saturated heterocycles. The normalized spacial score (nSPS) is 14.7. The lowest BCUT2D eigenvalue weighted by atomic mass is 9.88. The van der Waals surface area contributed by atoms with E-state index in [4.69, 9.17) is 4.74 Å². The molecule has 2 atom stereocenters. The lowest BCUT2D eigenvalue weighted by molar-refractivity contribution is 0.0696. The zero-order valence-electron chi connectivity index (χ0n) is 19.1. The Morgan fingerprint density at radius 3 is 2.60 bits per heavy atom. The summed E-state index contributed by atoms with van der Waals surface area (Å²) < 4.78 is 6.00. The molecule has 0 saturated carbocycles. The number of carboxylic acids is 1. The van der Waals surface area contributed by atoms with Crippen LogP contribution in [0, 0.1) is 0 Å². The second kappa shape index (κ2) is 14.1. The number of pyridine rings is 1. The first kappa shape index (κ1) is 30.5. The molecule has 0 radical (unpaired) electrons. The van der Waals surface area contributed by atoms with Crippen LogP contribution in [0.5, 0.6) is 11.5 Å². The molecule has 0 spiro atoms. The summed E-state index contributed by atoms with van der Waals surface area (Å²) in [5, 5.41) is 26.2. The number of aliphatic hydroxyl groups excluding tert-OH is 1. The van der Waals surface area contributed by atoms with Crippen molar-refractivity contribution in [2.45, 2.75) is 31.4 Å². The van der Waals surface area contributed by atoms with Gasteiger partial charge < -0.3 is 25.6 Å². The molecule has 1 aromatic heterocycles. The van der Waals surface area contributed by atoms with E-state index in [0.717, 1.165) is 24.8 Å². The summed E-state index contributed by atoms with van der Waals surface area (Å²) in [6.07, 6.45) is 5.57. The third-order valence-corrected chi connectivity index (χ3v) is 5.75. The molecule has 7 nitrogen and oxygen atoms in total. The van der Waals surface area contributed by atoms with Crippen LogP contribution >= 0.6 is 37.2 Å². The first-order chi connectivity index (χ1) is 15.5. The fraction of sp³-hybridized carbons (Fsp3) is 0.280. The van der Waals surface area contributed by atoms with Crippen LogP contribution in [0.2, 0.25) is 0 Å². The number of benzene rings is 2. The quantitative estimate of drug-likeness (QED) is 0.315. The van der Waals surface area contributed by atoms with Crippen LogP contribution in [0.4, 0.5) is 5.69 Å². The minimum absolute atomic E-state index is 0. The number of aryl methyl sites for hydroxylation is 1. The van der Waals surface area contributed by atoms with E-state index in [1.165, 1.54) is 17.2 Å². The summed E-state index contributed by atoms with van der Waals surface area (Å²) in [6, 6.07) is 14.8. The number of carbonyl (C=O) groups is 1. The fourth-order valence-electron chi connectivity index (χ4n) is 4.00. The Hall–Kier alpha value is -2.55. The molecule has 1 aliphatic rings. The lowest BCUT2D eigenvalue weighted by Crippen LogP contribution is -2.37. The second-order valence-corrected chi connectivity index (χ2v) is 7.98. The van der Waals surface area contributed by atoms with Crippen LogP contribution < -0.4 is 15.4 Å². The van der Waals surface area contributed by atoms with E-state index in [0.29, 0.717) is 23.7 Å². The van der Waals surface area contributed by atoms with Crippen LogP contribution in [-0.2, 0) is 12.8 Å². The number of rotatable bonds is 8. The van der Waals surface area contributed by atoms with E-state index in [1.54, 1.807) is 31.6 Å². The van der Waals surface area contributed by atoms with E-state index in [1.807, 2.05) is 24.3 Å². The zero-order valence-corrected chi connectivity index (χ0v) is 21.6. The third kappa shape index (κ3) is 7.98. The molecule has 35 heavy (non-hydrogen) atoms. The Labute approximate surface area is 223 Å². The van der Waals surface area contributed by atoms with Crippen molar-refractivity contribution in [1.82, 2.24) is 10.3 Å². The van der Waals surface area contributed by atoms with Gasteiger partial charge in [0, 0.05) is 49.3 Å². The smallest absolute Gasteiger partial charge is 0.335 e. The van der Waals surface area contributed by atoms with E-state index < -0.39 is 12.1 Å². The highest BCUT2D eigenvalue weighted by Gasteiger charge is 2.20. The van der Waals surface area contributed by atoms with Crippen LogP contribution in [0.25, 0.3) is 0 Å².